The Morgan fingerprint density at radius 3 is 2.93 bits per heavy atom. The van der Waals surface area contributed by atoms with E-state index in [9.17, 15) is 4.79 Å². The molecular weight excluding hydrogens is 406 g/mol. The summed E-state index contributed by atoms with van der Waals surface area (Å²) in [6.45, 7) is 0. The van der Waals surface area contributed by atoms with Gasteiger partial charge in [-0.15, -0.1) is 0 Å². The fourth-order valence-corrected chi connectivity index (χ4v) is 4.56. The average Bonchev–Trinajstić information content (AvgIpc) is 3.04. The normalized spacial score (nSPS) is 18.9. The molecule has 0 unspecified atom stereocenters. The number of fused-ring (bicyclic) bond motifs is 3. The molecule has 2 aromatic carbocycles. The number of benzene rings is 2. The molecule has 136 valence electrons. The molecule has 0 spiro atoms. The van der Waals surface area contributed by atoms with Gasteiger partial charge in [-0.1, -0.05) is 28.1 Å². The van der Waals surface area contributed by atoms with Crippen LogP contribution >= 0.6 is 15.9 Å². The van der Waals surface area contributed by atoms with Crippen molar-refractivity contribution in [2.75, 3.05) is 12.4 Å². The summed E-state index contributed by atoms with van der Waals surface area (Å²) in [4.78, 5) is 17.8. The van der Waals surface area contributed by atoms with E-state index >= 15 is 0 Å². The number of nitrogens with zero attached hydrogens (tertiary/aromatic N) is 2. The van der Waals surface area contributed by atoms with Crippen molar-refractivity contribution < 1.29 is 9.53 Å². The third-order valence-electron chi connectivity index (χ3n) is 5.33. The monoisotopic (exact) mass is 423 g/mol. The first-order valence-electron chi connectivity index (χ1n) is 9.01. The molecule has 6 heteroatoms. The molecule has 1 aliphatic carbocycles. The predicted octanol–water partition coefficient (Wildman–Crippen LogP) is 4.83. The molecule has 0 saturated heterocycles. The number of carbonyl (C=O) groups is 1. The molecule has 0 saturated carbocycles. The minimum atomic E-state index is -0.260. The predicted molar refractivity (Wildman–Crippen MR) is 108 cm³/mol. The lowest BCUT2D eigenvalue weighted by molar-refractivity contribution is -0.116. The first-order chi connectivity index (χ1) is 13.2. The van der Waals surface area contributed by atoms with E-state index in [2.05, 4.69) is 25.8 Å². The highest BCUT2D eigenvalue weighted by Crippen LogP contribution is 2.45. The summed E-state index contributed by atoms with van der Waals surface area (Å²) in [6.07, 6.45) is 2.31. The molecule has 0 radical (unpaired) electrons. The number of anilines is 1. The van der Waals surface area contributed by atoms with Crippen LogP contribution in [0.3, 0.4) is 0 Å². The molecule has 0 bridgehead atoms. The van der Waals surface area contributed by atoms with Gasteiger partial charge in [0.25, 0.3) is 0 Å². The van der Waals surface area contributed by atoms with Gasteiger partial charge in [0, 0.05) is 27.7 Å². The van der Waals surface area contributed by atoms with Crippen LogP contribution in [-0.2, 0) is 4.79 Å². The summed E-state index contributed by atoms with van der Waals surface area (Å²) in [5.74, 6) is 1.73. The second kappa shape index (κ2) is 6.23. The molecule has 5 rings (SSSR count). The van der Waals surface area contributed by atoms with Gasteiger partial charge in [-0.2, -0.15) is 0 Å². The Labute approximate surface area is 165 Å². The first kappa shape index (κ1) is 16.6. The van der Waals surface area contributed by atoms with Crippen LogP contribution in [-0.4, -0.2) is 22.4 Å². The molecule has 2 aliphatic rings. The molecule has 1 atom stereocenters. The Bertz CT molecular complexity index is 1120. The second-order valence-corrected chi connectivity index (χ2v) is 7.79. The molecule has 27 heavy (non-hydrogen) atoms. The van der Waals surface area contributed by atoms with Crippen LogP contribution in [0.2, 0.25) is 0 Å². The number of nitrogens with one attached hydrogen (secondary N) is 1. The molecule has 0 amide bonds. The van der Waals surface area contributed by atoms with Gasteiger partial charge < -0.3 is 10.1 Å². The van der Waals surface area contributed by atoms with E-state index < -0.39 is 0 Å². The van der Waals surface area contributed by atoms with Crippen molar-refractivity contribution in [3.05, 3.63) is 63.8 Å². The fourth-order valence-electron chi connectivity index (χ4n) is 4.18. The van der Waals surface area contributed by atoms with Gasteiger partial charge in [0.05, 0.1) is 24.2 Å². The number of hydrogen-bond donors (Lipinski definition) is 1. The Kier molecular flexibility index (Phi) is 3.82. The van der Waals surface area contributed by atoms with Gasteiger partial charge in [-0.25, -0.2) is 4.98 Å². The SMILES string of the molecule is COc1ccc(Br)cc1[C@@H]1C2=C(CCCC2=O)Nc2nc3ccccc3n21. The number of ketones is 1. The molecule has 0 fully saturated rings. The number of Topliss-reactive ketones (excluding diaryl/α,β-unsaturated/α-hetero) is 1. The lowest BCUT2D eigenvalue weighted by Crippen LogP contribution is -2.31. The molecule has 1 aliphatic heterocycles. The quantitative estimate of drug-likeness (QED) is 0.641. The van der Waals surface area contributed by atoms with Gasteiger partial charge in [-0.3, -0.25) is 9.36 Å². The zero-order valence-electron chi connectivity index (χ0n) is 14.8. The van der Waals surface area contributed by atoms with Crippen LogP contribution in [0.1, 0.15) is 30.9 Å². The fraction of sp³-hybridized carbons (Fsp3) is 0.238. The summed E-state index contributed by atoms with van der Waals surface area (Å²) in [6, 6.07) is 13.7. The van der Waals surface area contributed by atoms with E-state index in [1.807, 2.05) is 42.5 Å². The van der Waals surface area contributed by atoms with Crippen LogP contribution in [0.15, 0.2) is 58.2 Å². The number of imidazole rings is 1. The molecular formula is C21H18BrN3O2. The maximum absolute atomic E-state index is 13.0. The van der Waals surface area contributed by atoms with Crippen molar-refractivity contribution in [1.29, 1.82) is 0 Å². The van der Waals surface area contributed by atoms with Crippen molar-refractivity contribution in [2.24, 2.45) is 0 Å². The van der Waals surface area contributed by atoms with Crippen molar-refractivity contribution in [3.8, 4) is 5.75 Å². The summed E-state index contributed by atoms with van der Waals surface area (Å²) in [5, 5.41) is 3.43. The van der Waals surface area contributed by atoms with E-state index in [0.717, 1.165) is 56.9 Å². The van der Waals surface area contributed by atoms with Gasteiger partial charge in [-0.05, 0) is 43.2 Å². The first-order valence-corrected chi connectivity index (χ1v) is 9.80. The molecule has 3 aromatic rings. The standard InChI is InChI=1S/C21H18BrN3O2/c1-27-18-10-9-12(22)11-13(18)20-19-15(6-4-8-17(19)26)24-21-23-14-5-2-3-7-16(14)25(20)21/h2-3,5,7,9-11,20H,4,6,8H2,1H3,(H,23,24)/t20-/m1/s1. The third kappa shape index (κ3) is 2.51. The largest absolute Gasteiger partial charge is 0.496 e. The number of hydrogen-bond acceptors (Lipinski definition) is 4. The van der Waals surface area contributed by atoms with Crippen LogP contribution in [0, 0.1) is 0 Å². The number of methoxy groups -OCH3 is 1. The summed E-state index contributed by atoms with van der Waals surface area (Å²) in [5.41, 5.74) is 4.68. The maximum Gasteiger partial charge on any atom is 0.209 e. The maximum atomic E-state index is 13.0. The van der Waals surface area contributed by atoms with E-state index in [-0.39, 0.29) is 11.8 Å². The van der Waals surface area contributed by atoms with E-state index in [4.69, 9.17) is 9.72 Å². The number of carbonyl (C=O) groups excluding carboxylic acids is 1. The van der Waals surface area contributed by atoms with Crippen molar-refractivity contribution in [2.45, 2.75) is 25.3 Å². The number of ether oxygens (including phenoxy) is 1. The Morgan fingerprint density at radius 1 is 1.22 bits per heavy atom. The minimum absolute atomic E-state index is 0.194. The van der Waals surface area contributed by atoms with Crippen molar-refractivity contribution in [3.63, 3.8) is 0 Å². The lowest BCUT2D eigenvalue weighted by atomic mass is 9.85. The lowest BCUT2D eigenvalue weighted by Gasteiger charge is -2.34. The zero-order chi connectivity index (χ0) is 18.5. The van der Waals surface area contributed by atoms with Crippen LogP contribution in [0.5, 0.6) is 5.75 Å². The summed E-state index contributed by atoms with van der Waals surface area (Å²) in [7, 11) is 1.67. The van der Waals surface area contributed by atoms with E-state index in [0.29, 0.717) is 6.42 Å². The molecule has 5 nitrogen and oxygen atoms in total. The number of halogens is 1. The van der Waals surface area contributed by atoms with Crippen LogP contribution in [0.25, 0.3) is 11.0 Å². The Hall–Kier alpha value is -2.60. The summed E-state index contributed by atoms with van der Waals surface area (Å²) < 4.78 is 8.74. The van der Waals surface area contributed by atoms with Gasteiger partial charge in [0.2, 0.25) is 5.95 Å². The zero-order valence-corrected chi connectivity index (χ0v) is 16.4. The van der Waals surface area contributed by atoms with E-state index in [1.165, 1.54) is 0 Å². The van der Waals surface area contributed by atoms with E-state index in [1.54, 1.807) is 7.11 Å². The minimum Gasteiger partial charge on any atom is -0.496 e. The smallest absolute Gasteiger partial charge is 0.209 e. The van der Waals surface area contributed by atoms with Crippen LogP contribution < -0.4 is 10.1 Å². The number of allylic oxidation sites excluding steroid dienone is 2. The number of rotatable bonds is 2. The average molecular weight is 424 g/mol. The second-order valence-electron chi connectivity index (χ2n) is 6.88. The van der Waals surface area contributed by atoms with Gasteiger partial charge >= 0.3 is 0 Å². The van der Waals surface area contributed by atoms with Crippen molar-refractivity contribution in [1.82, 2.24) is 9.55 Å². The van der Waals surface area contributed by atoms with Crippen LogP contribution in [0.4, 0.5) is 5.95 Å². The highest BCUT2D eigenvalue weighted by atomic mass is 79.9. The topological polar surface area (TPSA) is 56.1 Å². The molecule has 1 aromatic heterocycles. The highest BCUT2D eigenvalue weighted by Gasteiger charge is 2.37. The highest BCUT2D eigenvalue weighted by molar-refractivity contribution is 9.10. The Morgan fingerprint density at radius 2 is 2.07 bits per heavy atom. The molecule has 2 heterocycles. The van der Waals surface area contributed by atoms with Gasteiger partial charge in [0.15, 0.2) is 5.78 Å². The Balaban J connectivity index is 1.85. The third-order valence-corrected chi connectivity index (χ3v) is 5.83. The number of aromatic nitrogens is 2. The van der Waals surface area contributed by atoms with Gasteiger partial charge in [0.1, 0.15) is 5.75 Å². The van der Waals surface area contributed by atoms with Crippen molar-refractivity contribution >= 4 is 38.7 Å². The number of para-hydroxylation sites is 2. The summed E-state index contributed by atoms with van der Waals surface area (Å²) >= 11 is 3.58. The molecule has 1 N–H and O–H groups in total.